The predicted molar refractivity (Wildman–Crippen MR) is 85.1 cm³/mol. The van der Waals surface area contributed by atoms with Crippen LogP contribution in [-0.4, -0.2) is 17.4 Å². The third kappa shape index (κ3) is 2.46. The van der Waals surface area contributed by atoms with Crippen molar-refractivity contribution in [2.75, 3.05) is 12.3 Å². The van der Waals surface area contributed by atoms with Crippen LogP contribution in [0.1, 0.15) is 43.0 Å². The van der Waals surface area contributed by atoms with Gasteiger partial charge in [0.05, 0.1) is 5.56 Å². The van der Waals surface area contributed by atoms with E-state index in [2.05, 4.69) is 17.2 Å². The van der Waals surface area contributed by atoms with E-state index in [9.17, 15) is 4.79 Å². The molecular formula is C17H21N3O. The number of pyridine rings is 1. The first-order valence-electron chi connectivity index (χ1n) is 7.57. The van der Waals surface area contributed by atoms with Crippen LogP contribution in [-0.2, 0) is 0 Å². The second-order valence-corrected chi connectivity index (χ2v) is 5.99. The van der Waals surface area contributed by atoms with Crippen molar-refractivity contribution in [1.29, 1.82) is 0 Å². The summed E-state index contributed by atoms with van der Waals surface area (Å²) in [6, 6.07) is 7.63. The first-order valence-corrected chi connectivity index (χ1v) is 7.57. The minimum Gasteiger partial charge on any atom is -0.383 e. The zero-order chi connectivity index (χ0) is 14.9. The molecule has 4 heteroatoms. The number of hydrogen-bond acceptors (Lipinski definition) is 3. The Morgan fingerprint density at radius 1 is 1.33 bits per heavy atom. The highest BCUT2D eigenvalue weighted by Gasteiger charge is 2.35. The average molecular weight is 283 g/mol. The van der Waals surface area contributed by atoms with Gasteiger partial charge in [-0.3, -0.25) is 4.79 Å². The van der Waals surface area contributed by atoms with Crippen molar-refractivity contribution in [2.24, 2.45) is 5.41 Å². The molecule has 21 heavy (non-hydrogen) atoms. The van der Waals surface area contributed by atoms with Crippen molar-refractivity contribution in [3.05, 3.63) is 36.0 Å². The normalized spacial score (nSPS) is 16.4. The molecule has 1 saturated carbocycles. The number of carbonyl (C=O) groups is 1. The number of anilines is 1. The zero-order valence-corrected chi connectivity index (χ0v) is 12.4. The Labute approximate surface area is 124 Å². The molecule has 3 N–H and O–H groups in total. The third-order valence-electron chi connectivity index (χ3n) is 4.86. The standard InChI is InChI=1S/C17H21N3O/c1-2-17(8-5-9-17)11-20-16(21)14-10-19-15(18)13-7-4-3-6-12(13)14/h3-4,6-7,10H,2,5,8-9,11H2,1H3,(H2,18,19)(H,20,21). The van der Waals surface area contributed by atoms with Crippen molar-refractivity contribution in [3.8, 4) is 0 Å². The molecule has 0 unspecified atom stereocenters. The molecule has 0 bridgehead atoms. The van der Waals surface area contributed by atoms with Gasteiger partial charge in [-0.25, -0.2) is 4.98 Å². The van der Waals surface area contributed by atoms with Gasteiger partial charge < -0.3 is 11.1 Å². The third-order valence-corrected chi connectivity index (χ3v) is 4.86. The molecule has 1 aromatic carbocycles. The summed E-state index contributed by atoms with van der Waals surface area (Å²) >= 11 is 0. The second kappa shape index (κ2) is 5.35. The number of amides is 1. The zero-order valence-electron chi connectivity index (χ0n) is 12.4. The highest BCUT2D eigenvalue weighted by atomic mass is 16.1. The van der Waals surface area contributed by atoms with E-state index in [0.29, 0.717) is 16.8 Å². The SMILES string of the molecule is CCC1(CNC(=O)c2cnc(N)c3ccccc23)CCC1. The minimum absolute atomic E-state index is 0.0570. The predicted octanol–water partition coefficient (Wildman–Crippen LogP) is 3.13. The van der Waals surface area contributed by atoms with Crippen LogP contribution >= 0.6 is 0 Å². The number of nitrogens with one attached hydrogen (secondary N) is 1. The Morgan fingerprint density at radius 3 is 2.67 bits per heavy atom. The van der Waals surface area contributed by atoms with Gasteiger partial charge in [0, 0.05) is 18.1 Å². The van der Waals surface area contributed by atoms with Crippen LogP contribution < -0.4 is 11.1 Å². The van der Waals surface area contributed by atoms with Gasteiger partial charge in [-0.2, -0.15) is 0 Å². The van der Waals surface area contributed by atoms with Gasteiger partial charge in [0.2, 0.25) is 0 Å². The van der Waals surface area contributed by atoms with E-state index >= 15 is 0 Å². The van der Waals surface area contributed by atoms with Gasteiger partial charge in [0.15, 0.2) is 0 Å². The number of hydrogen-bond donors (Lipinski definition) is 2. The monoisotopic (exact) mass is 283 g/mol. The van der Waals surface area contributed by atoms with Crippen molar-refractivity contribution >= 4 is 22.5 Å². The molecule has 2 aromatic rings. The fourth-order valence-corrected chi connectivity index (χ4v) is 3.09. The molecule has 110 valence electrons. The Bertz CT molecular complexity index is 671. The number of fused-ring (bicyclic) bond motifs is 1. The van der Waals surface area contributed by atoms with E-state index in [-0.39, 0.29) is 5.91 Å². The van der Waals surface area contributed by atoms with Crippen LogP contribution in [0, 0.1) is 5.41 Å². The Morgan fingerprint density at radius 2 is 2.05 bits per heavy atom. The molecule has 1 heterocycles. The smallest absolute Gasteiger partial charge is 0.253 e. The summed E-state index contributed by atoms with van der Waals surface area (Å²) in [7, 11) is 0. The lowest BCUT2D eigenvalue weighted by Crippen LogP contribution is -2.41. The molecule has 1 aliphatic rings. The van der Waals surface area contributed by atoms with E-state index in [4.69, 9.17) is 5.73 Å². The van der Waals surface area contributed by atoms with Gasteiger partial charge in [-0.05, 0) is 30.1 Å². The fourth-order valence-electron chi connectivity index (χ4n) is 3.09. The first-order chi connectivity index (χ1) is 10.2. The van der Waals surface area contributed by atoms with Gasteiger partial charge in [0.1, 0.15) is 5.82 Å². The summed E-state index contributed by atoms with van der Waals surface area (Å²) in [4.78, 5) is 16.6. The maximum Gasteiger partial charge on any atom is 0.253 e. The van der Waals surface area contributed by atoms with Crippen LogP contribution in [0.4, 0.5) is 5.82 Å². The van der Waals surface area contributed by atoms with Gasteiger partial charge in [0.25, 0.3) is 5.91 Å². The Hall–Kier alpha value is -2.10. The lowest BCUT2D eigenvalue weighted by Gasteiger charge is -2.41. The van der Waals surface area contributed by atoms with E-state index in [1.807, 2.05) is 24.3 Å². The van der Waals surface area contributed by atoms with Gasteiger partial charge in [-0.1, -0.05) is 37.6 Å². The molecule has 1 fully saturated rings. The molecule has 1 aromatic heterocycles. The maximum atomic E-state index is 12.5. The van der Waals surface area contributed by atoms with E-state index in [1.165, 1.54) is 19.3 Å². The van der Waals surface area contributed by atoms with Crippen molar-refractivity contribution in [1.82, 2.24) is 10.3 Å². The maximum absolute atomic E-state index is 12.5. The minimum atomic E-state index is -0.0570. The number of benzene rings is 1. The van der Waals surface area contributed by atoms with Crippen LogP contribution in [0.2, 0.25) is 0 Å². The number of carbonyl (C=O) groups excluding carboxylic acids is 1. The molecule has 4 nitrogen and oxygen atoms in total. The number of aromatic nitrogens is 1. The molecule has 0 aliphatic heterocycles. The summed E-state index contributed by atoms with van der Waals surface area (Å²) in [5.41, 5.74) is 6.79. The molecule has 1 aliphatic carbocycles. The van der Waals surface area contributed by atoms with E-state index < -0.39 is 0 Å². The molecular weight excluding hydrogens is 262 g/mol. The summed E-state index contributed by atoms with van der Waals surface area (Å²) < 4.78 is 0. The second-order valence-electron chi connectivity index (χ2n) is 5.99. The lowest BCUT2D eigenvalue weighted by atomic mass is 9.67. The lowest BCUT2D eigenvalue weighted by molar-refractivity contribution is 0.0851. The number of rotatable bonds is 4. The largest absolute Gasteiger partial charge is 0.383 e. The summed E-state index contributed by atoms with van der Waals surface area (Å²) in [5, 5.41) is 4.78. The Kier molecular flexibility index (Phi) is 3.53. The Balaban J connectivity index is 1.83. The fraction of sp³-hybridized carbons (Fsp3) is 0.412. The van der Waals surface area contributed by atoms with Gasteiger partial charge in [-0.15, -0.1) is 0 Å². The molecule has 0 saturated heterocycles. The average Bonchev–Trinajstić information content (AvgIpc) is 2.47. The molecule has 0 atom stereocenters. The molecule has 0 radical (unpaired) electrons. The number of nitrogens with zero attached hydrogens (tertiary/aromatic N) is 1. The van der Waals surface area contributed by atoms with Crippen LogP contribution in [0.5, 0.6) is 0 Å². The quantitative estimate of drug-likeness (QED) is 0.905. The highest BCUT2D eigenvalue weighted by molar-refractivity contribution is 6.08. The number of nitrogens with two attached hydrogens (primary N) is 1. The first kappa shape index (κ1) is 13.9. The van der Waals surface area contributed by atoms with Crippen molar-refractivity contribution in [3.63, 3.8) is 0 Å². The van der Waals surface area contributed by atoms with Crippen LogP contribution in [0.25, 0.3) is 10.8 Å². The van der Waals surface area contributed by atoms with Crippen molar-refractivity contribution < 1.29 is 4.79 Å². The summed E-state index contributed by atoms with van der Waals surface area (Å²) in [6.45, 7) is 2.95. The summed E-state index contributed by atoms with van der Waals surface area (Å²) in [5.74, 6) is 0.407. The number of nitrogen functional groups attached to an aromatic ring is 1. The van der Waals surface area contributed by atoms with E-state index in [1.54, 1.807) is 6.20 Å². The van der Waals surface area contributed by atoms with Crippen molar-refractivity contribution in [2.45, 2.75) is 32.6 Å². The summed E-state index contributed by atoms with van der Waals surface area (Å²) in [6.07, 6.45) is 6.39. The molecule has 1 amide bonds. The van der Waals surface area contributed by atoms with E-state index in [0.717, 1.165) is 23.7 Å². The molecule has 0 spiro atoms. The van der Waals surface area contributed by atoms with Crippen LogP contribution in [0.15, 0.2) is 30.5 Å². The van der Waals surface area contributed by atoms with Crippen LogP contribution in [0.3, 0.4) is 0 Å². The van der Waals surface area contributed by atoms with Gasteiger partial charge >= 0.3 is 0 Å². The highest BCUT2D eigenvalue weighted by Crippen LogP contribution is 2.43. The molecule has 3 rings (SSSR count). The topological polar surface area (TPSA) is 68.0 Å².